The Kier molecular flexibility index (Phi) is 3.38. The molecule has 1 saturated carbocycles. The maximum atomic E-state index is 3.52. The molecule has 1 N–H and O–H groups in total. The molecule has 0 bridgehead atoms. The van der Waals surface area contributed by atoms with Crippen LogP contribution in [0.4, 0.5) is 0 Å². The fourth-order valence-electron chi connectivity index (χ4n) is 1.28. The van der Waals surface area contributed by atoms with Crippen molar-refractivity contribution in [3.05, 3.63) is 0 Å². The monoisotopic (exact) mass is 155 g/mol. The highest BCUT2D eigenvalue weighted by Crippen LogP contribution is 2.43. The van der Waals surface area contributed by atoms with E-state index in [1.165, 1.54) is 45.2 Å². The predicted octanol–water partition coefficient (Wildman–Crippen LogP) is 2.57. The van der Waals surface area contributed by atoms with Crippen molar-refractivity contribution in [3.8, 4) is 0 Å². The van der Waals surface area contributed by atoms with E-state index >= 15 is 0 Å². The molecule has 0 heterocycles. The van der Waals surface area contributed by atoms with Crippen molar-refractivity contribution in [1.29, 1.82) is 0 Å². The molecule has 66 valence electrons. The molecule has 1 fully saturated rings. The van der Waals surface area contributed by atoms with E-state index in [0.717, 1.165) is 0 Å². The summed E-state index contributed by atoms with van der Waals surface area (Å²) in [6, 6.07) is 0. The molecule has 0 aromatic rings. The van der Waals surface area contributed by atoms with Gasteiger partial charge in [0.15, 0.2) is 0 Å². The summed E-state index contributed by atoms with van der Waals surface area (Å²) in [6.45, 7) is 7.10. The summed E-state index contributed by atoms with van der Waals surface area (Å²) in [5.74, 6) is 0. The molecule has 0 amide bonds. The number of hydrogen-bond acceptors (Lipinski definition) is 1. The number of unbranched alkanes of at least 4 members (excludes halogenated alkanes) is 2. The standard InChI is InChI=1S/C10H21N/c1-3-4-5-8-11-9-10(2)6-7-10/h11H,3-9H2,1-2H3. The minimum Gasteiger partial charge on any atom is -0.316 e. The van der Waals surface area contributed by atoms with Gasteiger partial charge in [-0.05, 0) is 31.2 Å². The summed E-state index contributed by atoms with van der Waals surface area (Å²) >= 11 is 0. The van der Waals surface area contributed by atoms with Gasteiger partial charge in [-0.2, -0.15) is 0 Å². The van der Waals surface area contributed by atoms with Gasteiger partial charge in [0.2, 0.25) is 0 Å². The van der Waals surface area contributed by atoms with Crippen molar-refractivity contribution >= 4 is 0 Å². The minimum atomic E-state index is 0.687. The predicted molar refractivity (Wildman–Crippen MR) is 49.7 cm³/mol. The van der Waals surface area contributed by atoms with E-state index in [2.05, 4.69) is 19.2 Å². The zero-order valence-electron chi connectivity index (χ0n) is 7.95. The van der Waals surface area contributed by atoms with Crippen LogP contribution in [0.1, 0.15) is 46.0 Å². The van der Waals surface area contributed by atoms with E-state index < -0.39 is 0 Å². The second-order valence-electron chi connectivity index (χ2n) is 4.19. The highest BCUT2D eigenvalue weighted by molar-refractivity contribution is 4.90. The van der Waals surface area contributed by atoms with Crippen molar-refractivity contribution in [2.75, 3.05) is 13.1 Å². The van der Waals surface area contributed by atoms with Crippen LogP contribution in [0.3, 0.4) is 0 Å². The summed E-state index contributed by atoms with van der Waals surface area (Å²) < 4.78 is 0. The van der Waals surface area contributed by atoms with Gasteiger partial charge in [-0.3, -0.25) is 0 Å². The number of hydrogen-bond donors (Lipinski definition) is 1. The van der Waals surface area contributed by atoms with E-state index in [0.29, 0.717) is 5.41 Å². The van der Waals surface area contributed by atoms with Crippen LogP contribution in [-0.4, -0.2) is 13.1 Å². The van der Waals surface area contributed by atoms with Crippen LogP contribution in [0.25, 0.3) is 0 Å². The lowest BCUT2D eigenvalue weighted by Gasteiger charge is -2.08. The van der Waals surface area contributed by atoms with Crippen LogP contribution in [0.2, 0.25) is 0 Å². The molecule has 0 unspecified atom stereocenters. The van der Waals surface area contributed by atoms with Gasteiger partial charge < -0.3 is 5.32 Å². The van der Waals surface area contributed by atoms with Crippen molar-refractivity contribution in [3.63, 3.8) is 0 Å². The van der Waals surface area contributed by atoms with E-state index in [4.69, 9.17) is 0 Å². The Morgan fingerprint density at radius 3 is 2.55 bits per heavy atom. The lowest BCUT2D eigenvalue weighted by atomic mass is 10.1. The third-order valence-electron chi connectivity index (χ3n) is 2.61. The Hall–Kier alpha value is -0.0400. The molecule has 1 aliphatic rings. The Labute approximate surface area is 70.6 Å². The third kappa shape index (κ3) is 3.76. The number of rotatable bonds is 6. The van der Waals surface area contributed by atoms with Gasteiger partial charge in [-0.25, -0.2) is 0 Å². The quantitative estimate of drug-likeness (QED) is 0.581. The van der Waals surface area contributed by atoms with Crippen LogP contribution >= 0.6 is 0 Å². The third-order valence-corrected chi connectivity index (χ3v) is 2.61. The van der Waals surface area contributed by atoms with Crippen LogP contribution in [0.15, 0.2) is 0 Å². The largest absolute Gasteiger partial charge is 0.316 e. The summed E-state index contributed by atoms with van der Waals surface area (Å²) in [4.78, 5) is 0. The second-order valence-corrected chi connectivity index (χ2v) is 4.19. The highest BCUT2D eigenvalue weighted by atomic mass is 14.9. The van der Waals surface area contributed by atoms with Crippen LogP contribution < -0.4 is 5.32 Å². The fourth-order valence-corrected chi connectivity index (χ4v) is 1.28. The van der Waals surface area contributed by atoms with Gasteiger partial charge in [0.1, 0.15) is 0 Å². The maximum absolute atomic E-state index is 3.52. The molecule has 0 aliphatic heterocycles. The molecule has 1 heteroatoms. The van der Waals surface area contributed by atoms with E-state index in [-0.39, 0.29) is 0 Å². The summed E-state index contributed by atoms with van der Waals surface area (Å²) in [5, 5.41) is 3.52. The molecule has 0 spiro atoms. The Morgan fingerprint density at radius 2 is 2.00 bits per heavy atom. The van der Waals surface area contributed by atoms with E-state index in [1.807, 2.05) is 0 Å². The molecule has 0 saturated heterocycles. The van der Waals surface area contributed by atoms with E-state index in [1.54, 1.807) is 0 Å². The van der Waals surface area contributed by atoms with Gasteiger partial charge in [-0.1, -0.05) is 26.7 Å². The molecule has 0 radical (unpaired) electrons. The Bertz CT molecular complexity index is 105. The first-order valence-electron chi connectivity index (χ1n) is 4.97. The smallest absolute Gasteiger partial charge is 0.000517 e. The lowest BCUT2D eigenvalue weighted by Crippen LogP contribution is -2.22. The van der Waals surface area contributed by atoms with Gasteiger partial charge in [-0.15, -0.1) is 0 Å². The maximum Gasteiger partial charge on any atom is 0.000517 e. The first kappa shape index (κ1) is 9.05. The second kappa shape index (κ2) is 4.10. The molecule has 1 aliphatic carbocycles. The highest BCUT2D eigenvalue weighted by Gasteiger charge is 2.36. The van der Waals surface area contributed by atoms with Gasteiger partial charge in [0.05, 0.1) is 0 Å². The summed E-state index contributed by atoms with van der Waals surface area (Å²) in [7, 11) is 0. The molecule has 0 atom stereocenters. The lowest BCUT2D eigenvalue weighted by molar-refractivity contribution is 0.489. The molecular weight excluding hydrogens is 134 g/mol. The zero-order valence-corrected chi connectivity index (χ0v) is 7.95. The molecule has 0 aromatic carbocycles. The SMILES string of the molecule is CCCCCNCC1(C)CC1. The topological polar surface area (TPSA) is 12.0 Å². The van der Waals surface area contributed by atoms with Crippen LogP contribution in [0, 0.1) is 5.41 Å². The molecule has 11 heavy (non-hydrogen) atoms. The van der Waals surface area contributed by atoms with Gasteiger partial charge in [0, 0.05) is 6.54 Å². The van der Waals surface area contributed by atoms with Crippen molar-refractivity contribution in [2.45, 2.75) is 46.0 Å². The van der Waals surface area contributed by atoms with E-state index in [9.17, 15) is 0 Å². The number of nitrogens with one attached hydrogen (secondary N) is 1. The molecular formula is C10H21N. The van der Waals surface area contributed by atoms with Crippen molar-refractivity contribution in [1.82, 2.24) is 5.32 Å². The normalized spacial score (nSPS) is 20.2. The van der Waals surface area contributed by atoms with Crippen molar-refractivity contribution < 1.29 is 0 Å². The van der Waals surface area contributed by atoms with Gasteiger partial charge >= 0.3 is 0 Å². The van der Waals surface area contributed by atoms with Crippen molar-refractivity contribution in [2.24, 2.45) is 5.41 Å². The average molecular weight is 155 g/mol. The molecule has 1 rings (SSSR count). The zero-order chi connectivity index (χ0) is 8.16. The minimum absolute atomic E-state index is 0.687. The first-order chi connectivity index (χ1) is 5.27. The first-order valence-corrected chi connectivity index (χ1v) is 4.97. The van der Waals surface area contributed by atoms with Crippen LogP contribution in [0.5, 0.6) is 0 Å². The van der Waals surface area contributed by atoms with Gasteiger partial charge in [0.25, 0.3) is 0 Å². The molecule has 1 nitrogen and oxygen atoms in total. The molecule has 0 aromatic heterocycles. The Morgan fingerprint density at radius 1 is 1.27 bits per heavy atom. The fraction of sp³-hybridized carbons (Fsp3) is 1.00. The summed E-state index contributed by atoms with van der Waals surface area (Å²) in [5.41, 5.74) is 0.687. The Balaban J connectivity index is 1.81. The van der Waals surface area contributed by atoms with Crippen LogP contribution in [-0.2, 0) is 0 Å². The summed E-state index contributed by atoms with van der Waals surface area (Å²) in [6.07, 6.45) is 6.94. The average Bonchev–Trinajstić information content (AvgIpc) is 2.69.